The molecule has 1 amide bonds. The van der Waals surface area contributed by atoms with Crippen LogP contribution in [0.4, 0.5) is 6.01 Å². The monoisotopic (exact) mass is 540 g/mol. The molecule has 0 aliphatic carbocycles. The Hall–Kier alpha value is -2.67. The molecule has 0 radical (unpaired) electrons. The smallest absolute Gasteiger partial charge is 0.322 e. The number of carbonyl (C=O) groups is 1. The summed E-state index contributed by atoms with van der Waals surface area (Å²) in [6, 6.07) is 8.30. The van der Waals surface area contributed by atoms with E-state index in [1.54, 1.807) is 24.3 Å². The standard InChI is InChI=1S/C22H25ClN4O6S2/c1-3-31-16-6-5-15(13-17(16)32-4-2)21-25-26-22(33-21)24-20(28)14-9-11-27(12-10-14)35(29,30)19-8-7-18(23)34-19/h5-8,13-14H,3-4,9-12H2,1-2H3,(H,24,26,28). The van der Waals surface area contributed by atoms with Gasteiger partial charge < -0.3 is 13.9 Å². The molecule has 13 heteroatoms. The zero-order chi connectivity index (χ0) is 25.0. The number of aromatic nitrogens is 2. The van der Waals surface area contributed by atoms with Crippen LogP contribution in [0.25, 0.3) is 11.5 Å². The van der Waals surface area contributed by atoms with Crippen LogP contribution in [0.15, 0.2) is 39.0 Å². The number of amides is 1. The number of nitrogens with zero attached hydrogens (tertiary/aromatic N) is 3. The van der Waals surface area contributed by atoms with Crippen LogP contribution >= 0.6 is 22.9 Å². The third kappa shape index (κ3) is 5.77. The lowest BCUT2D eigenvalue weighted by Crippen LogP contribution is -2.41. The number of benzene rings is 1. The molecule has 0 spiro atoms. The molecule has 2 aromatic heterocycles. The van der Waals surface area contributed by atoms with Gasteiger partial charge in [-0.05, 0) is 57.0 Å². The zero-order valence-electron chi connectivity index (χ0n) is 19.2. The van der Waals surface area contributed by atoms with Crippen molar-refractivity contribution >= 4 is 44.9 Å². The summed E-state index contributed by atoms with van der Waals surface area (Å²) in [4.78, 5) is 12.7. The first-order valence-corrected chi connectivity index (χ1v) is 13.7. The number of thiophene rings is 1. The Kier molecular flexibility index (Phi) is 7.95. The molecule has 3 heterocycles. The molecule has 1 fully saturated rings. The average Bonchev–Trinajstić information content (AvgIpc) is 3.50. The molecule has 1 saturated heterocycles. The lowest BCUT2D eigenvalue weighted by atomic mass is 9.97. The second-order valence-corrected chi connectivity index (χ2v) is 11.5. The zero-order valence-corrected chi connectivity index (χ0v) is 21.6. The maximum absolute atomic E-state index is 12.8. The summed E-state index contributed by atoms with van der Waals surface area (Å²) in [5.74, 6) is 0.723. The minimum absolute atomic E-state index is 0.0277. The van der Waals surface area contributed by atoms with Crippen molar-refractivity contribution in [1.82, 2.24) is 14.5 Å². The van der Waals surface area contributed by atoms with Crippen LogP contribution in [0.3, 0.4) is 0 Å². The first-order valence-electron chi connectivity index (χ1n) is 11.1. The van der Waals surface area contributed by atoms with Crippen LogP contribution in [0, 0.1) is 5.92 Å². The van der Waals surface area contributed by atoms with E-state index in [9.17, 15) is 13.2 Å². The number of ether oxygens (including phenoxy) is 2. The van der Waals surface area contributed by atoms with E-state index in [0.717, 1.165) is 11.3 Å². The van der Waals surface area contributed by atoms with E-state index in [0.29, 0.717) is 47.5 Å². The number of sulfonamides is 1. The van der Waals surface area contributed by atoms with Gasteiger partial charge in [0.15, 0.2) is 11.5 Å². The molecule has 1 aromatic carbocycles. The van der Waals surface area contributed by atoms with Crippen LogP contribution in [-0.4, -0.2) is 55.1 Å². The van der Waals surface area contributed by atoms with Gasteiger partial charge in [0.1, 0.15) is 4.21 Å². The number of carbonyl (C=O) groups excluding carboxylic acids is 1. The molecule has 188 valence electrons. The second kappa shape index (κ2) is 10.9. The number of halogens is 1. The van der Waals surface area contributed by atoms with Crippen molar-refractivity contribution in [3.63, 3.8) is 0 Å². The number of anilines is 1. The molecule has 1 aliphatic heterocycles. The van der Waals surface area contributed by atoms with Crippen molar-refractivity contribution in [1.29, 1.82) is 0 Å². The van der Waals surface area contributed by atoms with Crippen LogP contribution in [0.1, 0.15) is 26.7 Å². The van der Waals surface area contributed by atoms with Gasteiger partial charge >= 0.3 is 6.01 Å². The topological polar surface area (TPSA) is 124 Å². The van der Waals surface area contributed by atoms with Crippen LogP contribution < -0.4 is 14.8 Å². The third-order valence-electron chi connectivity index (χ3n) is 5.41. The summed E-state index contributed by atoms with van der Waals surface area (Å²) in [5, 5.41) is 10.6. The highest BCUT2D eigenvalue weighted by molar-refractivity contribution is 7.91. The fourth-order valence-corrected chi connectivity index (χ4v) is 6.81. The number of nitrogens with one attached hydrogen (secondary N) is 1. The Labute approximate surface area is 212 Å². The van der Waals surface area contributed by atoms with E-state index in [2.05, 4.69) is 15.5 Å². The lowest BCUT2D eigenvalue weighted by Gasteiger charge is -2.29. The SMILES string of the molecule is CCOc1ccc(-c2nnc(NC(=O)C3CCN(S(=O)(=O)c4ccc(Cl)s4)CC3)o2)cc1OCC. The molecule has 0 saturated carbocycles. The third-order valence-corrected chi connectivity index (χ3v) is 9.01. The molecular weight excluding hydrogens is 516 g/mol. The van der Waals surface area contributed by atoms with Crippen molar-refractivity contribution in [2.24, 2.45) is 5.92 Å². The van der Waals surface area contributed by atoms with E-state index in [4.69, 9.17) is 25.5 Å². The Bertz CT molecular complexity index is 1280. The van der Waals surface area contributed by atoms with Gasteiger partial charge in [0.25, 0.3) is 10.0 Å². The first-order chi connectivity index (χ1) is 16.8. The Morgan fingerprint density at radius 3 is 2.51 bits per heavy atom. The molecule has 0 atom stereocenters. The molecule has 1 N–H and O–H groups in total. The highest BCUT2D eigenvalue weighted by atomic mass is 35.5. The number of hydrogen-bond donors (Lipinski definition) is 1. The summed E-state index contributed by atoms with van der Waals surface area (Å²) in [7, 11) is -3.62. The summed E-state index contributed by atoms with van der Waals surface area (Å²) in [6.45, 7) is 5.20. The molecule has 4 rings (SSSR count). The number of rotatable bonds is 9. The molecule has 0 unspecified atom stereocenters. The van der Waals surface area contributed by atoms with E-state index < -0.39 is 10.0 Å². The summed E-state index contributed by atoms with van der Waals surface area (Å²) >= 11 is 6.90. The lowest BCUT2D eigenvalue weighted by molar-refractivity contribution is -0.121. The van der Waals surface area contributed by atoms with E-state index in [1.807, 2.05) is 13.8 Å². The second-order valence-electron chi connectivity index (χ2n) is 7.67. The van der Waals surface area contributed by atoms with Gasteiger partial charge in [-0.25, -0.2) is 8.42 Å². The van der Waals surface area contributed by atoms with Crippen molar-refractivity contribution in [3.8, 4) is 23.0 Å². The summed E-state index contributed by atoms with van der Waals surface area (Å²) in [5.41, 5.74) is 0.622. The quantitative estimate of drug-likeness (QED) is 0.426. The first kappa shape index (κ1) is 25.4. The van der Waals surface area contributed by atoms with Gasteiger partial charge in [-0.2, -0.15) is 4.31 Å². The van der Waals surface area contributed by atoms with E-state index >= 15 is 0 Å². The molecular formula is C22H25ClN4O6S2. The van der Waals surface area contributed by atoms with Crippen LogP contribution in [0.2, 0.25) is 4.34 Å². The van der Waals surface area contributed by atoms with Crippen LogP contribution in [-0.2, 0) is 14.8 Å². The van der Waals surface area contributed by atoms with E-state index in [-0.39, 0.29) is 41.0 Å². The van der Waals surface area contributed by atoms with Gasteiger partial charge in [0, 0.05) is 24.6 Å². The van der Waals surface area contributed by atoms with E-state index in [1.165, 1.54) is 10.4 Å². The maximum Gasteiger partial charge on any atom is 0.322 e. The maximum atomic E-state index is 12.8. The van der Waals surface area contributed by atoms with Gasteiger partial charge in [-0.1, -0.05) is 16.7 Å². The molecule has 1 aliphatic rings. The minimum atomic E-state index is -3.62. The average molecular weight is 541 g/mol. The predicted octanol–water partition coefficient (Wildman–Crippen LogP) is 4.29. The molecule has 35 heavy (non-hydrogen) atoms. The summed E-state index contributed by atoms with van der Waals surface area (Å²) in [6.07, 6.45) is 0.754. The van der Waals surface area contributed by atoms with Gasteiger partial charge in [-0.3, -0.25) is 10.1 Å². The fraction of sp³-hybridized carbons (Fsp3) is 0.409. The highest BCUT2D eigenvalue weighted by Gasteiger charge is 2.33. The minimum Gasteiger partial charge on any atom is -0.490 e. The Balaban J connectivity index is 1.37. The van der Waals surface area contributed by atoms with Crippen molar-refractivity contribution in [2.45, 2.75) is 30.9 Å². The van der Waals surface area contributed by atoms with Gasteiger partial charge in [0.05, 0.1) is 17.6 Å². The number of piperidine rings is 1. The predicted molar refractivity (Wildman–Crippen MR) is 132 cm³/mol. The van der Waals surface area contributed by atoms with Crippen molar-refractivity contribution in [3.05, 3.63) is 34.7 Å². The van der Waals surface area contributed by atoms with Crippen molar-refractivity contribution in [2.75, 3.05) is 31.6 Å². The Morgan fingerprint density at radius 1 is 1.14 bits per heavy atom. The normalized spacial score (nSPS) is 15.2. The largest absolute Gasteiger partial charge is 0.490 e. The fourth-order valence-electron chi connectivity index (χ4n) is 3.70. The highest BCUT2D eigenvalue weighted by Crippen LogP contribution is 2.33. The molecule has 3 aromatic rings. The summed E-state index contributed by atoms with van der Waals surface area (Å²) < 4.78 is 44.3. The Morgan fingerprint density at radius 2 is 1.86 bits per heavy atom. The number of hydrogen-bond acceptors (Lipinski definition) is 9. The van der Waals surface area contributed by atoms with Gasteiger partial charge in [-0.15, -0.1) is 16.4 Å². The van der Waals surface area contributed by atoms with Gasteiger partial charge in [0.2, 0.25) is 11.8 Å². The molecule has 0 bridgehead atoms. The molecule has 10 nitrogen and oxygen atoms in total. The van der Waals surface area contributed by atoms with Crippen LogP contribution in [0.5, 0.6) is 11.5 Å². The van der Waals surface area contributed by atoms with Crippen molar-refractivity contribution < 1.29 is 27.1 Å².